The SMILES string of the molecule is CN(C)CCOc1ccc(CNC(=O)CCc2ccccc2N)cc1. The third kappa shape index (κ3) is 6.85. The summed E-state index contributed by atoms with van der Waals surface area (Å²) < 4.78 is 5.66. The number of para-hydroxylation sites is 1. The van der Waals surface area contributed by atoms with Gasteiger partial charge in [-0.25, -0.2) is 0 Å². The van der Waals surface area contributed by atoms with E-state index in [-0.39, 0.29) is 5.91 Å². The van der Waals surface area contributed by atoms with Crippen LogP contribution in [0.1, 0.15) is 17.5 Å². The van der Waals surface area contributed by atoms with Crippen LogP contribution in [-0.2, 0) is 17.8 Å². The number of nitrogens with one attached hydrogen (secondary N) is 1. The third-order valence-electron chi connectivity index (χ3n) is 3.90. The number of anilines is 1. The van der Waals surface area contributed by atoms with Crippen molar-refractivity contribution in [1.82, 2.24) is 10.2 Å². The summed E-state index contributed by atoms with van der Waals surface area (Å²) >= 11 is 0. The molecule has 0 bridgehead atoms. The first-order valence-corrected chi connectivity index (χ1v) is 8.51. The normalized spacial score (nSPS) is 10.7. The molecule has 0 aromatic heterocycles. The zero-order chi connectivity index (χ0) is 18.1. The summed E-state index contributed by atoms with van der Waals surface area (Å²) in [6.07, 6.45) is 1.08. The van der Waals surface area contributed by atoms with E-state index in [4.69, 9.17) is 10.5 Å². The summed E-state index contributed by atoms with van der Waals surface area (Å²) in [7, 11) is 4.03. The second-order valence-corrected chi connectivity index (χ2v) is 6.27. The first kappa shape index (κ1) is 18.8. The lowest BCUT2D eigenvalue weighted by atomic mass is 10.1. The van der Waals surface area contributed by atoms with Gasteiger partial charge in [0.15, 0.2) is 0 Å². The van der Waals surface area contributed by atoms with Crippen molar-refractivity contribution < 1.29 is 9.53 Å². The van der Waals surface area contributed by atoms with Gasteiger partial charge in [-0.1, -0.05) is 30.3 Å². The van der Waals surface area contributed by atoms with Gasteiger partial charge in [-0.2, -0.15) is 0 Å². The van der Waals surface area contributed by atoms with E-state index >= 15 is 0 Å². The molecule has 0 aliphatic rings. The molecule has 1 amide bonds. The molecule has 5 nitrogen and oxygen atoms in total. The van der Waals surface area contributed by atoms with E-state index in [2.05, 4.69) is 10.2 Å². The minimum Gasteiger partial charge on any atom is -0.492 e. The van der Waals surface area contributed by atoms with E-state index in [0.717, 1.165) is 29.1 Å². The maximum absolute atomic E-state index is 12.0. The van der Waals surface area contributed by atoms with Crippen LogP contribution in [0.5, 0.6) is 5.75 Å². The fourth-order valence-electron chi connectivity index (χ4n) is 2.35. The lowest BCUT2D eigenvalue weighted by Crippen LogP contribution is -2.23. The molecule has 5 heteroatoms. The number of nitrogen functional groups attached to an aromatic ring is 1. The molecule has 0 spiro atoms. The van der Waals surface area contributed by atoms with Crippen LogP contribution in [0, 0.1) is 0 Å². The Labute approximate surface area is 149 Å². The molecule has 0 saturated carbocycles. The summed E-state index contributed by atoms with van der Waals surface area (Å²) in [5.74, 6) is 0.867. The van der Waals surface area contributed by atoms with Gasteiger partial charge in [0.05, 0.1) is 0 Å². The summed E-state index contributed by atoms with van der Waals surface area (Å²) in [5, 5.41) is 2.94. The topological polar surface area (TPSA) is 67.6 Å². The van der Waals surface area contributed by atoms with Gasteiger partial charge in [-0.3, -0.25) is 4.79 Å². The molecule has 134 valence electrons. The second-order valence-electron chi connectivity index (χ2n) is 6.27. The van der Waals surface area contributed by atoms with Crippen molar-refractivity contribution in [1.29, 1.82) is 0 Å². The number of benzene rings is 2. The summed E-state index contributed by atoms with van der Waals surface area (Å²) in [4.78, 5) is 14.1. The van der Waals surface area contributed by atoms with Gasteiger partial charge in [0.2, 0.25) is 5.91 Å². The van der Waals surface area contributed by atoms with E-state index in [1.54, 1.807) is 0 Å². The van der Waals surface area contributed by atoms with E-state index < -0.39 is 0 Å². The number of hydrogen-bond acceptors (Lipinski definition) is 4. The Kier molecular flexibility index (Phi) is 7.29. The van der Waals surface area contributed by atoms with Gasteiger partial charge < -0.3 is 20.7 Å². The molecular formula is C20H27N3O2. The van der Waals surface area contributed by atoms with Crippen LogP contribution in [-0.4, -0.2) is 38.1 Å². The van der Waals surface area contributed by atoms with Crippen LogP contribution in [0.15, 0.2) is 48.5 Å². The van der Waals surface area contributed by atoms with Gasteiger partial charge >= 0.3 is 0 Å². The van der Waals surface area contributed by atoms with Gasteiger partial charge in [0.25, 0.3) is 0 Å². The Morgan fingerprint density at radius 3 is 2.52 bits per heavy atom. The van der Waals surface area contributed by atoms with E-state index in [0.29, 0.717) is 26.0 Å². The van der Waals surface area contributed by atoms with Crippen molar-refractivity contribution in [2.45, 2.75) is 19.4 Å². The highest BCUT2D eigenvalue weighted by molar-refractivity contribution is 5.76. The maximum Gasteiger partial charge on any atom is 0.220 e. The molecule has 3 N–H and O–H groups in total. The number of nitrogens with two attached hydrogens (primary N) is 1. The van der Waals surface area contributed by atoms with Crippen LogP contribution >= 0.6 is 0 Å². The van der Waals surface area contributed by atoms with E-state index in [1.165, 1.54) is 0 Å². The first-order chi connectivity index (χ1) is 12.0. The molecule has 0 fully saturated rings. The highest BCUT2D eigenvalue weighted by Gasteiger charge is 2.05. The molecular weight excluding hydrogens is 314 g/mol. The zero-order valence-corrected chi connectivity index (χ0v) is 15.0. The van der Waals surface area contributed by atoms with Crippen molar-refractivity contribution in [3.05, 3.63) is 59.7 Å². The monoisotopic (exact) mass is 341 g/mol. The van der Waals surface area contributed by atoms with Gasteiger partial charge in [-0.15, -0.1) is 0 Å². The van der Waals surface area contributed by atoms with Crippen LogP contribution in [0.2, 0.25) is 0 Å². The molecule has 2 rings (SSSR count). The Bertz CT molecular complexity index is 669. The van der Waals surface area contributed by atoms with E-state index in [9.17, 15) is 4.79 Å². The first-order valence-electron chi connectivity index (χ1n) is 8.51. The van der Waals surface area contributed by atoms with Crippen molar-refractivity contribution in [2.75, 3.05) is 33.0 Å². The number of amides is 1. The zero-order valence-electron chi connectivity index (χ0n) is 15.0. The Hall–Kier alpha value is -2.53. The number of carbonyl (C=O) groups is 1. The summed E-state index contributed by atoms with van der Waals surface area (Å²) in [5.41, 5.74) is 8.69. The quantitative estimate of drug-likeness (QED) is 0.688. The lowest BCUT2D eigenvalue weighted by molar-refractivity contribution is -0.121. The Balaban J connectivity index is 1.71. The molecule has 0 radical (unpaired) electrons. The molecule has 0 atom stereocenters. The van der Waals surface area contributed by atoms with Crippen LogP contribution in [0.25, 0.3) is 0 Å². The molecule has 2 aromatic carbocycles. The van der Waals surface area contributed by atoms with E-state index in [1.807, 2.05) is 62.6 Å². The van der Waals surface area contributed by atoms with Gasteiger partial charge in [0, 0.05) is 25.2 Å². The number of ether oxygens (including phenoxy) is 1. The van der Waals surface area contributed by atoms with Crippen molar-refractivity contribution >= 4 is 11.6 Å². The fourth-order valence-corrected chi connectivity index (χ4v) is 2.35. The van der Waals surface area contributed by atoms with Crippen molar-refractivity contribution in [3.63, 3.8) is 0 Å². The number of hydrogen-bond donors (Lipinski definition) is 2. The van der Waals surface area contributed by atoms with Gasteiger partial charge in [-0.05, 0) is 49.8 Å². The Morgan fingerprint density at radius 1 is 1.12 bits per heavy atom. The predicted octanol–water partition coefficient (Wildman–Crippen LogP) is 2.46. The third-order valence-corrected chi connectivity index (χ3v) is 3.90. The lowest BCUT2D eigenvalue weighted by Gasteiger charge is -2.11. The standard InChI is InChI=1S/C20H27N3O2/c1-23(2)13-14-25-18-10-7-16(8-11-18)15-22-20(24)12-9-17-5-3-4-6-19(17)21/h3-8,10-11H,9,12-15,21H2,1-2H3,(H,22,24). The number of nitrogens with zero attached hydrogens (tertiary/aromatic N) is 1. The summed E-state index contributed by atoms with van der Waals surface area (Å²) in [6, 6.07) is 15.5. The number of likely N-dealkylation sites (N-methyl/N-ethyl adjacent to an activating group) is 1. The molecule has 0 unspecified atom stereocenters. The molecule has 25 heavy (non-hydrogen) atoms. The minimum atomic E-state index is 0.0227. The Morgan fingerprint density at radius 2 is 1.84 bits per heavy atom. The van der Waals surface area contributed by atoms with Crippen LogP contribution < -0.4 is 15.8 Å². The number of rotatable bonds is 9. The van der Waals surface area contributed by atoms with Crippen molar-refractivity contribution in [3.8, 4) is 5.75 Å². The average Bonchev–Trinajstić information content (AvgIpc) is 2.60. The fraction of sp³-hybridized carbons (Fsp3) is 0.350. The molecule has 2 aromatic rings. The van der Waals surface area contributed by atoms with Crippen LogP contribution in [0.3, 0.4) is 0 Å². The predicted molar refractivity (Wildman–Crippen MR) is 102 cm³/mol. The number of carbonyl (C=O) groups excluding carboxylic acids is 1. The molecule has 0 saturated heterocycles. The highest BCUT2D eigenvalue weighted by atomic mass is 16.5. The average molecular weight is 341 g/mol. The summed E-state index contributed by atoms with van der Waals surface area (Å²) in [6.45, 7) is 2.05. The highest BCUT2D eigenvalue weighted by Crippen LogP contribution is 2.13. The van der Waals surface area contributed by atoms with Crippen molar-refractivity contribution in [2.24, 2.45) is 0 Å². The molecule has 0 aliphatic heterocycles. The van der Waals surface area contributed by atoms with Crippen LogP contribution in [0.4, 0.5) is 5.69 Å². The second kappa shape index (κ2) is 9.69. The largest absolute Gasteiger partial charge is 0.492 e. The van der Waals surface area contributed by atoms with Gasteiger partial charge in [0.1, 0.15) is 12.4 Å². The minimum absolute atomic E-state index is 0.0227. The smallest absolute Gasteiger partial charge is 0.220 e. The maximum atomic E-state index is 12.0. The number of aryl methyl sites for hydroxylation is 1. The molecule has 0 aliphatic carbocycles. The molecule has 0 heterocycles.